The number of anilines is 1. The summed E-state index contributed by atoms with van der Waals surface area (Å²) in [6.07, 6.45) is 4.39. The van der Waals surface area contributed by atoms with Gasteiger partial charge in [-0.05, 0) is 43.4 Å². The Labute approximate surface area is 99.7 Å². The molecule has 0 radical (unpaired) electrons. The van der Waals surface area contributed by atoms with E-state index < -0.39 is 0 Å². The molecule has 4 nitrogen and oxygen atoms in total. The molecule has 1 saturated carbocycles. The van der Waals surface area contributed by atoms with Gasteiger partial charge in [-0.2, -0.15) is 0 Å². The normalized spacial score (nSPS) is 16.0. The van der Waals surface area contributed by atoms with Gasteiger partial charge in [-0.3, -0.25) is 5.43 Å². The highest BCUT2D eigenvalue weighted by Crippen LogP contribution is 2.23. The standard InChI is InChI=1S/C11H16N4S/c1-16-10-6-4-9(5-7-10)14-11(15-12)13-8-2-3-8/h4-8H,2-3,12H2,1H3,(H2,13,14,15). The number of nitrogens with one attached hydrogen (secondary N) is 2. The molecule has 86 valence electrons. The van der Waals surface area contributed by atoms with E-state index in [0.29, 0.717) is 12.0 Å². The average Bonchev–Trinajstić information content (AvgIpc) is 3.13. The summed E-state index contributed by atoms with van der Waals surface area (Å²) in [7, 11) is 0. The molecule has 4 N–H and O–H groups in total. The third kappa shape index (κ3) is 3.15. The predicted octanol–water partition coefficient (Wildman–Crippen LogP) is 1.80. The summed E-state index contributed by atoms with van der Waals surface area (Å²) < 4.78 is 0. The van der Waals surface area contributed by atoms with Gasteiger partial charge in [0, 0.05) is 10.6 Å². The number of hydrazine groups is 1. The number of aliphatic imine (C=N–C) groups is 1. The quantitative estimate of drug-likeness (QED) is 0.246. The summed E-state index contributed by atoms with van der Waals surface area (Å²) in [5, 5.41) is 3.16. The molecule has 0 amide bonds. The molecule has 0 saturated heterocycles. The Hall–Kier alpha value is -1.20. The molecular weight excluding hydrogens is 220 g/mol. The van der Waals surface area contributed by atoms with Crippen LogP contribution in [0.5, 0.6) is 0 Å². The number of guanidine groups is 1. The molecule has 1 aromatic rings. The Balaban J connectivity index is 2.00. The lowest BCUT2D eigenvalue weighted by molar-refractivity contribution is 0.966. The maximum Gasteiger partial charge on any atom is 0.210 e. The van der Waals surface area contributed by atoms with Gasteiger partial charge in [0.25, 0.3) is 0 Å². The number of benzene rings is 1. The highest BCUT2D eigenvalue weighted by molar-refractivity contribution is 7.98. The lowest BCUT2D eigenvalue weighted by atomic mass is 10.3. The monoisotopic (exact) mass is 236 g/mol. The van der Waals surface area contributed by atoms with Crippen LogP contribution >= 0.6 is 11.8 Å². The van der Waals surface area contributed by atoms with E-state index in [-0.39, 0.29) is 0 Å². The van der Waals surface area contributed by atoms with Crippen molar-refractivity contribution in [3.8, 4) is 0 Å². The number of thioether (sulfide) groups is 1. The van der Waals surface area contributed by atoms with Crippen molar-refractivity contribution in [2.45, 2.75) is 23.8 Å². The largest absolute Gasteiger partial charge is 0.325 e. The van der Waals surface area contributed by atoms with Gasteiger partial charge in [0.05, 0.1) is 6.04 Å². The van der Waals surface area contributed by atoms with Gasteiger partial charge >= 0.3 is 0 Å². The molecule has 16 heavy (non-hydrogen) atoms. The maximum atomic E-state index is 5.41. The van der Waals surface area contributed by atoms with Gasteiger partial charge in [0.15, 0.2) is 0 Å². The van der Waals surface area contributed by atoms with Crippen LogP contribution in [0.4, 0.5) is 5.69 Å². The third-order valence-electron chi connectivity index (χ3n) is 2.35. The maximum absolute atomic E-state index is 5.41. The minimum atomic E-state index is 0.448. The molecule has 1 aliphatic rings. The summed E-state index contributed by atoms with van der Waals surface area (Å²) in [4.78, 5) is 5.65. The Bertz CT molecular complexity index is 370. The van der Waals surface area contributed by atoms with Gasteiger partial charge in [0.1, 0.15) is 0 Å². The van der Waals surface area contributed by atoms with Crippen molar-refractivity contribution in [3.05, 3.63) is 24.3 Å². The van der Waals surface area contributed by atoms with Crippen LogP contribution in [-0.4, -0.2) is 18.3 Å². The highest BCUT2D eigenvalue weighted by Gasteiger charge is 2.20. The summed E-state index contributed by atoms with van der Waals surface area (Å²) >= 11 is 1.72. The van der Waals surface area contributed by atoms with Crippen molar-refractivity contribution in [2.24, 2.45) is 10.8 Å². The molecule has 0 bridgehead atoms. The van der Waals surface area contributed by atoms with E-state index in [1.165, 1.54) is 4.90 Å². The van der Waals surface area contributed by atoms with E-state index in [4.69, 9.17) is 5.84 Å². The van der Waals surface area contributed by atoms with Crippen LogP contribution in [0.3, 0.4) is 0 Å². The number of nitrogens with zero attached hydrogens (tertiary/aromatic N) is 1. The van der Waals surface area contributed by atoms with Gasteiger partial charge in [0.2, 0.25) is 5.96 Å². The van der Waals surface area contributed by atoms with Crippen LogP contribution in [0.25, 0.3) is 0 Å². The summed E-state index contributed by atoms with van der Waals surface area (Å²) in [6.45, 7) is 0. The molecular formula is C11H16N4S. The van der Waals surface area contributed by atoms with E-state index in [1.807, 2.05) is 12.1 Å². The number of hydrogen-bond acceptors (Lipinski definition) is 3. The molecule has 0 atom stereocenters. The predicted molar refractivity (Wildman–Crippen MR) is 69.6 cm³/mol. The van der Waals surface area contributed by atoms with Crippen molar-refractivity contribution < 1.29 is 0 Å². The smallest absolute Gasteiger partial charge is 0.210 e. The zero-order valence-corrected chi connectivity index (χ0v) is 10.1. The Morgan fingerprint density at radius 2 is 2.06 bits per heavy atom. The number of nitrogens with two attached hydrogens (primary N) is 1. The van der Waals surface area contributed by atoms with Crippen LogP contribution < -0.4 is 16.6 Å². The topological polar surface area (TPSA) is 62.4 Å². The lowest BCUT2D eigenvalue weighted by Gasteiger charge is -2.09. The lowest BCUT2D eigenvalue weighted by Crippen LogP contribution is -2.36. The van der Waals surface area contributed by atoms with Gasteiger partial charge in [-0.25, -0.2) is 10.8 Å². The fraction of sp³-hybridized carbons (Fsp3) is 0.364. The summed E-state index contributed by atoms with van der Waals surface area (Å²) in [5.41, 5.74) is 3.58. The van der Waals surface area contributed by atoms with E-state index in [0.717, 1.165) is 18.5 Å². The molecule has 0 unspecified atom stereocenters. The van der Waals surface area contributed by atoms with Crippen LogP contribution in [0.2, 0.25) is 0 Å². The van der Waals surface area contributed by atoms with E-state index in [1.54, 1.807) is 11.8 Å². The zero-order chi connectivity index (χ0) is 11.4. The van der Waals surface area contributed by atoms with Crippen molar-refractivity contribution in [1.82, 2.24) is 5.43 Å². The van der Waals surface area contributed by atoms with Crippen LogP contribution in [0.15, 0.2) is 34.2 Å². The van der Waals surface area contributed by atoms with Gasteiger partial charge < -0.3 is 5.32 Å². The fourth-order valence-corrected chi connectivity index (χ4v) is 1.71. The van der Waals surface area contributed by atoms with Crippen LogP contribution in [-0.2, 0) is 0 Å². The minimum Gasteiger partial charge on any atom is -0.325 e. The number of hydrogen-bond donors (Lipinski definition) is 3. The molecule has 0 heterocycles. The number of rotatable bonds is 3. The van der Waals surface area contributed by atoms with E-state index in [2.05, 4.69) is 34.1 Å². The minimum absolute atomic E-state index is 0.448. The van der Waals surface area contributed by atoms with Crippen LogP contribution in [0.1, 0.15) is 12.8 Å². The summed E-state index contributed by atoms with van der Waals surface area (Å²) in [5.74, 6) is 6.04. The highest BCUT2D eigenvalue weighted by atomic mass is 32.2. The molecule has 5 heteroatoms. The zero-order valence-electron chi connectivity index (χ0n) is 9.23. The first-order chi connectivity index (χ1) is 7.81. The second-order valence-electron chi connectivity index (χ2n) is 3.71. The first-order valence-electron chi connectivity index (χ1n) is 5.27. The van der Waals surface area contributed by atoms with Crippen molar-refractivity contribution in [3.63, 3.8) is 0 Å². The van der Waals surface area contributed by atoms with Gasteiger partial charge in [-0.1, -0.05) is 0 Å². The molecule has 0 spiro atoms. The average molecular weight is 236 g/mol. The summed E-state index contributed by atoms with van der Waals surface area (Å²) in [6, 6.07) is 8.62. The van der Waals surface area contributed by atoms with Crippen molar-refractivity contribution in [1.29, 1.82) is 0 Å². The van der Waals surface area contributed by atoms with E-state index in [9.17, 15) is 0 Å². The van der Waals surface area contributed by atoms with Crippen molar-refractivity contribution in [2.75, 3.05) is 11.6 Å². The Kier molecular flexibility index (Phi) is 3.69. The second-order valence-corrected chi connectivity index (χ2v) is 4.59. The van der Waals surface area contributed by atoms with Crippen LogP contribution in [0, 0.1) is 0 Å². The first kappa shape index (κ1) is 11.3. The molecule has 0 aliphatic heterocycles. The molecule has 1 aliphatic carbocycles. The van der Waals surface area contributed by atoms with Gasteiger partial charge in [-0.15, -0.1) is 11.8 Å². The molecule has 1 fully saturated rings. The second kappa shape index (κ2) is 5.23. The fourth-order valence-electron chi connectivity index (χ4n) is 1.30. The molecule has 1 aromatic carbocycles. The Morgan fingerprint density at radius 1 is 1.38 bits per heavy atom. The molecule has 2 rings (SSSR count). The Morgan fingerprint density at radius 3 is 2.56 bits per heavy atom. The SMILES string of the molecule is CSc1ccc(NC(=NC2CC2)NN)cc1. The van der Waals surface area contributed by atoms with E-state index >= 15 is 0 Å². The molecule has 0 aromatic heterocycles. The van der Waals surface area contributed by atoms with Crippen molar-refractivity contribution >= 4 is 23.4 Å². The third-order valence-corrected chi connectivity index (χ3v) is 3.09. The first-order valence-corrected chi connectivity index (χ1v) is 6.50.